The van der Waals surface area contributed by atoms with Gasteiger partial charge in [-0.05, 0) is 31.5 Å². The Balaban J connectivity index is 1.57. The lowest BCUT2D eigenvalue weighted by Gasteiger charge is -2.33. The highest BCUT2D eigenvalue weighted by Crippen LogP contribution is 2.34. The average Bonchev–Trinajstić information content (AvgIpc) is 3.21. The highest BCUT2D eigenvalue weighted by atomic mass is 19.3. The molecule has 0 bridgehead atoms. The van der Waals surface area contributed by atoms with Gasteiger partial charge in [-0.25, -0.2) is 13.8 Å². The van der Waals surface area contributed by atoms with E-state index in [-0.39, 0.29) is 17.4 Å². The molecule has 0 spiro atoms. The van der Waals surface area contributed by atoms with Crippen molar-refractivity contribution in [3.63, 3.8) is 0 Å². The van der Waals surface area contributed by atoms with Gasteiger partial charge in [0, 0.05) is 24.6 Å². The van der Waals surface area contributed by atoms with Crippen molar-refractivity contribution in [2.24, 2.45) is 0 Å². The zero-order valence-corrected chi connectivity index (χ0v) is 16.4. The number of halogens is 2. The van der Waals surface area contributed by atoms with Crippen LogP contribution in [0.1, 0.15) is 42.1 Å². The molecule has 1 unspecified atom stereocenters. The number of aromatic nitrogens is 4. The van der Waals surface area contributed by atoms with Crippen LogP contribution in [0.15, 0.2) is 30.6 Å². The van der Waals surface area contributed by atoms with Crippen LogP contribution in [-0.2, 0) is 6.54 Å². The highest BCUT2D eigenvalue weighted by Gasteiger charge is 2.26. The van der Waals surface area contributed by atoms with Crippen LogP contribution < -0.4 is 9.47 Å². The first kappa shape index (κ1) is 19.5. The molecule has 4 rings (SSSR count). The first-order valence-corrected chi connectivity index (χ1v) is 9.51. The van der Waals surface area contributed by atoms with E-state index in [1.807, 2.05) is 18.2 Å². The standard InChI is InChI=1S/C20H23F2N5O2/c1-28-17-7-3-5-14(18(17)29-2)11-26-8-4-6-13(10-26)15-9-16(19(21)22)27-20(25-15)23-12-24-27/h3,5,7,9,12-13,19H,4,6,8,10-11H2,1-2H3. The molecule has 3 aromatic rings. The topological polar surface area (TPSA) is 64.8 Å². The number of rotatable bonds is 6. The molecule has 29 heavy (non-hydrogen) atoms. The first-order valence-electron chi connectivity index (χ1n) is 9.51. The lowest BCUT2D eigenvalue weighted by atomic mass is 9.93. The minimum absolute atomic E-state index is 0.0551. The summed E-state index contributed by atoms with van der Waals surface area (Å²) in [5.74, 6) is 1.68. The van der Waals surface area contributed by atoms with Gasteiger partial charge in [0.05, 0.1) is 19.9 Å². The lowest BCUT2D eigenvalue weighted by molar-refractivity contribution is 0.142. The van der Waals surface area contributed by atoms with Gasteiger partial charge < -0.3 is 9.47 Å². The summed E-state index contributed by atoms with van der Waals surface area (Å²) >= 11 is 0. The Hall–Kier alpha value is -2.81. The molecule has 0 aliphatic carbocycles. The number of para-hydroxylation sites is 1. The summed E-state index contributed by atoms with van der Waals surface area (Å²) < 4.78 is 39.0. The van der Waals surface area contributed by atoms with Crippen LogP contribution in [-0.4, -0.2) is 51.8 Å². The third-order valence-corrected chi connectivity index (χ3v) is 5.33. The minimum Gasteiger partial charge on any atom is -0.493 e. The minimum atomic E-state index is -2.64. The van der Waals surface area contributed by atoms with E-state index in [0.717, 1.165) is 41.8 Å². The summed E-state index contributed by atoms with van der Waals surface area (Å²) in [5.41, 5.74) is 1.50. The number of hydrogen-bond acceptors (Lipinski definition) is 6. The fourth-order valence-corrected chi connectivity index (χ4v) is 3.98. The summed E-state index contributed by atoms with van der Waals surface area (Å²) in [4.78, 5) is 10.8. The molecule has 1 saturated heterocycles. The lowest BCUT2D eigenvalue weighted by Crippen LogP contribution is -2.34. The van der Waals surface area contributed by atoms with Crippen LogP contribution in [0.5, 0.6) is 11.5 Å². The van der Waals surface area contributed by atoms with Gasteiger partial charge in [0.15, 0.2) is 11.5 Å². The van der Waals surface area contributed by atoms with E-state index in [4.69, 9.17) is 9.47 Å². The summed E-state index contributed by atoms with van der Waals surface area (Å²) in [7, 11) is 3.25. The van der Waals surface area contributed by atoms with Crippen molar-refractivity contribution in [1.82, 2.24) is 24.5 Å². The van der Waals surface area contributed by atoms with Gasteiger partial charge in [-0.2, -0.15) is 14.6 Å². The van der Waals surface area contributed by atoms with Gasteiger partial charge in [0.25, 0.3) is 12.2 Å². The average molecular weight is 403 g/mol. The molecular formula is C20H23F2N5O2. The number of alkyl halides is 2. The molecule has 3 heterocycles. The zero-order valence-electron chi connectivity index (χ0n) is 16.4. The Morgan fingerprint density at radius 1 is 1.24 bits per heavy atom. The second kappa shape index (κ2) is 8.28. The van der Waals surface area contributed by atoms with Gasteiger partial charge in [-0.3, -0.25) is 4.90 Å². The number of methoxy groups -OCH3 is 2. The molecule has 1 aromatic carbocycles. The number of hydrogen-bond donors (Lipinski definition) is 0. The zero-order chi connectivity index (χ0) is 20.4. The second-order valence-corrected chi connectivity index (χ2v) is 7.11. The van der Waals surface area contributed by atoms with Crippen molar-refractivity contribution in [3.8, 4) is 11.5 Å². The van der Waals surface area contributed by atoms with Crippen LogP contribution >= 0.6 is 0 Å². The van der Waals surface area contributed by atoms with Crippen molar-refractivity contribution in [2.45, 2.75) is 31.7 Å². The molecule has 0 saturated carbocycles. The van der Waals surface area contributed by atoms with Crippen molar-refractivity contribution in [3.05, 3.63) is 47.5 Å². The molecule has 9 heteroatoms. The fraction of sp³-hybridized carbons (Fsp3) is 0.450. The molecule has 0 radical (unpaired) electrons. The summed E-state index contributed by atoms with van der Waals surface area (Å²) in [5, 5.41) is 3.86. The molecule has 1 atom stereocenters. The summed E-state index contributed by atoms with van der Waals surface area (Å²) in [6.45, 7) is 2.33. The highest BCUT2D eigenvalue weighted by molar-refractivity contribution is 5.46. The van der Waals surface area contributed by atoms with Crippen LogP contribution in [0.3, 0.4) is 0 Å². The maximum atomic E-state index is 13.5. The van der Waals surface area contributed by atoms with E-state index in [2.05, 4.69) is 20.0 Å². The van der Waals surface area contributed by atoms with Gasteiger partial charge in [0.2, 0.25) is 0 Å². The van der Waals surface area contributed by atoms with Crippen LogP contribution in [0.4, 0.5) is 8.78 Å². The Morgan fingerprint density at radius 3 is 2.86 bits per heavy atom. The molecule has 0 amide bonds. The maximum Gasteiger partial charge on any atom is 0.280 e. The molecule has 0 N–H and O–H groups in total. The van der Waals surface area contributed by atoms with Gasteiger partial charge >= 0.3 is 0 Å². The third-order valence-electron chi connectivity index (χ3n) is 5.33. The molecule has 7 nitrogen and oxygen atoms in total. The van der Waals surface area contributed by atoms with Crippen LogP contribution in [0, 0.1) is 0 Å². The van der Waals surface area contributed by atoms with E-state index in [1.54, 1.807) is 14.2 Å². The molecular weight excluding hydrogens is 380 g/mol. The largest absolute Gasteiger partial charge is 0.493 e. The molecule has 2 aromatic heterocycles. The number of ether oxygens (including phenoxy) is 2. The van der Waals surface area contributed by atoms with Crippen molar-refractivity contribution < 1.29 is 18.3 Å². The van der Waals surface area contributed by atoms with Crippen molar-refractivity contribution >= 4 is 5.78 Å². The van der Waals surface area contributed by atoms with Crippen molar-refractivity contribution in [1.29, 1.82) is 0 Å². The van der Waals surface area contributed by atoms with E-state index in [9.17, 15) is 8.78 Å². The summed E-state index contributed by atoms with van der Waals surface area (Å²) in [6, 6.07) is 7.28. The van der Waals surface area contributed by atoms with Crippen LogP contribution in [0.25, 0.3) is 5.78 Å². The Kier molecular flexibility index (Phi) is 5.57. The molecule has 1 fully saturated rings. The third kappa shape index (κ3) is 3.87. The van der Waals surface area contributed by atoms with Crippen molar-refractivity contribution in [2.75, 3.05) is 27.3 Å². The number of nitrogens with zero attached hydrogens (tertiary/aromatic N) is 5. The number of fused-ring (bicyclic) bond motifs is 1. The quantitative estimate of drug-likeness (QED) is 0.628. The SMILES string of the molecule is COc1cccc(CN2CCCC(c3cc(C(F)F)n4ncnc4n3)C2)c1OC. The van der Waals surface area contributed by atoms with Gasteiger partial charge in [0.1, 0.15) is 12.0 Å². The normalized spacial score (nSPS) is 17.8. The molecule has 1 aliphatic rings. The molecule has 1 aliphatic heterocycles. The van der Waals surface area contributed by atoms with Gasteiger partial charge in [-0.1, -0.05) is 12.1 Å². The Morgan fingerprint density at radius 2 is 2.10 bits per heavy atom. The smallest absolute Gasteiger partial charge is 0.280 e. The monoisotopic (exact) mass is 403 g/mol. The number of likely N-dealkylation sites (tertiary alicyclic amines) is 1. The van der Waals surface area contributed by atoms with E-state index in [0.29, 0.717) is 18.0 Å². The van der Waals surface area contributed by atoms with E-state index in [1.165, 1.54) is 12.4 Å². The van der Waals surface area contributed by atoms with Gasteiger partial charge in [-0.15, -0.1) is 0 Å². The fourth-order valence-electron chi connectivity index (χ4n) is 3.98. The predicted octanol–water partition coefficient (Wildman–Crippen LogP) is 3.46. The predicted molar refractivity (Wildman–Crippen MR) is 103 cm³/mol. The maximum absolute atomic E-state index is 13.5. The first-order chi connectivity index (χ1) is 14.1. The van der Waals surface area contributed by atoms with E-state index >= 15 is 0 Å². The Bertz CT molecular complexity index is 994. The second-order valence-electron chi connectivity index (χ2n) is 7.11. The molecule has 154 valence electrons. The number of piperidine rings is 1. The summed E-state index contributed by atoms with van der Waals surface area (Å²) in [6.07, 6.45) is 0.466. The van der Waals surface area contributed by atoms with Crippen LogP contribution in [0.2, 0.25) is 0 Å². The van der Waals surface area contributed by atoms with E-state index < -0.39 is 6.43 Å². The number of benzene rings is 1. The Labute approximate surface area is 167 Å².